The molecule has 3 heteroatoms. The summed E-state index contributed by atoms with van der Waals surface area (Å²) in [7, 11) is 0. The third kappa shape index (κ3) is 6.34. The molecule has 11 rings (SSSR count). The second-order valence-electron chi connectivity index (χ2n) is 16.4. The molecule has 1 heterocycles. The number of benzene rings is 9. The van der Waals surface area contributed by atoms with E-state index in [1.165, 1.54) is 54.9 Å². The first kappa shape index (κ1) is 36.3. The highest BCUT2D eigenvalue weighted by Crippen LogP contribution is 2.51. The molecule has 0 fully saturated rings. The zero-order chi connectivity index (χ0) is 40.9. The Kier molecular flexibility index (Phi) is 8.82. The Labute approximate surface area is 357 Å². The molecule has 0 radical (unpaired) electrons. The van der Waals surface area contributed by atoms with Gasteiger partial charge in [-0.2, -0.15) is 0 Å². The molecule has 0 spiro atoms. The quantitative estimate of drug-likeness (QED) is 0.153. The zero-order valence-corrected chi connectivity index (χ0v) is 34.2. The maximum absolute atomic E-state index is 5.22. The summed E-state index contributed by atoms with van der Waals surface area (Å²) in [6.07, 6.45) is 2.01. The van der Waals surface area contributed by atoms with Gasteiger partial charge in [0.15, 0.2) is 0 Å². The third-order valence-electron chi connectivity index (χ3n) is 12.5. The Hall–Kier alpha value is -7.75. The highest BCUT2D eigenvalue weighted by Gasteiger charge is 2.36. The van der Waals surface area contributed by atoms with Crippen LogP contribution in [0.1, 0.15) is 25.0 Å². The molecule has 290 valence electrons. The van der Waals surface area contributed by atoms with Gasteiger partial charge in [-0.1, -0.05) is 172 Å². The van der Waals surface area contributed by atoms with Crippen LogP contribution in [0.3, 0.4) is 0 Å². The number of hydrogen-bond acceptors (Lipinski definition) is 3. The molecule has 0 unspecified atom stereocenters. The molecule has 0 N–H and O–H groups in total. The highest BCUT2D eigenvalue weighted by molar-refractivity contribution is 6.00. The summed E-state index contributed by atoms with van der Waals surface area (Å²) < 4.78 is 0. The van der Waals surface area contributed by atoms with Gasteiger partial charge in [0, 0.05) is 45.0 Å². The molecule has 61 heavy (non-hydrogen) atoms. The molecular formula is C58H43N3. The minimum Gasteiger partial charge on any atom is -0.310 e. The van der Waals surface area contributed by atoms with Gasteiger partial charge in [0.25, 0.3) is 0 Å². The van der Waals surface area contributed by atoms with Gasteiger partial charge in [-0.25, -0.2) is 4.98 Å². The molecule has 0 saturated heterocycles. The summed E-state index contributed by atoms with van der Waals surface area (Å²) >= 11 is 0. The lowest BCUT2D eigenvalue weighted by Gasteiger charge is -2.28. The van der Waals surface area contributed by atoms with Crippen LogP contribution in [0.4, 0.5) is 34.3 Å². The second-order valence-corrected chi connectivity index (χ2v) is 16.4. The molecule has 0 atom stereocenters. The molecule has 0 bridgehead atoms. The fourth-order valence-electron chi connectivity index (χ4n) is 9.39. The number of fused-ring (bicyclic) bond motifs is 5. The van der Waals surface area contributed by atoms with Crippen LogP contribution in [0.5, 0.6) is 0 Å². The third-order valence-corrected chi connectivity index (χ3v) is 12.5. The predicted molar refractivity (Wildman–Crippen MR) is 257 cm³/mol. The van der Waals surface area contributed by atoms with Gasteiger partial charge < -0.3 is 4.90 Å². The van der Waals surface area contributed by atoms with E-state index in [-0.39, 0.29) is 5.41 Å². The van der Waals surface area contributed by atoms with E-state index in [1.807, 2.05) is 6.20 Å². The number of nitrogens with zero attached hydrogens (tertiary/aromatic N) is 3. The Balaban J connectivity index is 0.968. The van der Waals surface area contributed by atoms with Crippen LogP contribution >= 0.6 is 0 Å². The molecule has 3 nitrogen and oxygen atoms in total. The van der Waals surface area contributed by atoms with E-state index in [1.54, 1.807) is 0 Å². The number of aromatic nitrogens is 1. The zero-order valence-electron chi connectivity index (χ0n) is 34.2. The average Bonchev–Trinajstić information content (AvgIpc) is 3.55. The van der Waals surface area contributed by atoms with E-state index in [4.69, 9.17) is 4.98 Å². The molecule has 1 aliphatic rings. The standard InChI is InChI=1S/C58H43N3/c1-58(2)53-23-11-10-22-51(53)52-36-35-48(38-54(52)58)61(56-25-13-19-44-17-7-9-21-50(44)56)57-37-30-45(39-59-57)42-28-33-47(34-29-42)60(55-24-12-18-43-16-6-8-20-49(43)55)46-31-26-41(27-32-46)40-14-4-3-5-15-40/h3-39H,1-2H3. The maximum atomic E-state index is 5.22. The minimum absolute atomic E-state index is 0.120. The van der Waals surface area contributed by atoms with E-state index < -0.39 is 0 Å². The molecular weight excluding hydrogens is 739 g/mol. The topological polar surface area (TPSA) is 19.4 Å². The molecule has 0 saturated carbocycles. The van der Waals surface area contributed by atoms with Crippen LogP contribution in [0.2, 0.25) is 0 Å². The lowest BCUT2D eigenvalue weighted by atomic mass is 9.82. The van der Waals surface area contributed by atoms with Crippen molar-refractivity contribution in [1.29, 1.82) is 0 Å². The Morgan fingerprint density at radius 3 is 1.49 bits per heavy atom. The van der Waals surface area contributed by atoms with Gasteiger partial charge in [-0.3, -0.25) is 4.90 Å². The van der Waals surface area contributed by atoms with Gasteiger partial charge in [0.2, 0.25) is 0 Å². The first-order valence-corrected chi connectivity index (χ1v) is 21.0. The first-order chi connectivity index (χ1) is 30.0. The fraction of sp³-hybridized carbons (Fsp3) is 0.0517. The molecule has 10 aromatic rings. The van der Waals surface area contributed by atoms with E-state index in [9.17, 15) is 0 Å². The maximum Gasteiger partial charge on any atom is 0.137 e. The van der Waals surface area contributed by atoms with Crippen LogP contribution in [0, 0.1) is 0 Å². The Bertz CT molecular complexity index is 3190. The Morgan fingerprint density at radius 1 is 0.361 bits per heavy atom. The molecule has 9 aromatic carbocycles. The van der Waals surface area contributed by atoms with E-state index >= 15 is 0 Å². The number of rotatable bonds is 8. The number of pyridine rings is 1. The largest absolute Gasteiger partial charge is 0.310 e. The summed E-state index contributed by atoms with van der Waals surface area (Å²) in [6.45, 7) is 4.68. The normalized spacial score (nSPS) is 12.6. The summed E-state index contributed by atoms with van der Waals surface area (Å²) in [4.78, 5) is 9.90. The first-order valence-electron chi connectivity index (χ1n) is 21.0. The van der Waals surface area contributed by atoms with Crippen molar-refractivity contribution < 1.29 is 0 Å². The SMILES string of the molecule is CC1(C)c2ccccc2-c2ccc(N(c3ccc(-c4ccc(N(c5ccc(-c6ccccc6)cc5)c5cccc6ccccc56)cc4)cn3)c3cccc4ccccc34)cc21. The van der Waals surface area contributed by atoms with Crippen molar-refractivity contribution in [2.75, 3.05) is 9.80 Å². The van der Waals surface area contributed by atoms with E-state index in [0.29, 0.717) is 0 Å². The van der Waals surface area contributed by atoms with Gasteiger partial charge in [0.1, 0.15) is 5.82 Å². The minimum atomic E-state index is -0.120. The van der Waals surface area contributed by atoms with Crippen molar-refractivity contribution >= 4 is 55.8 Å². The second kappa shape index (κ2) is 14.8. The van der Waals surface area contributed by atoms with E-state index in [2.05, 4.69) is 242 Å². The molecule has 0 amide bonds. The van der Waals surface area contributed by atoms with Crippen molar-refractivity contribution in [2.24, 2.45) is 0 Å². The lowest BCUT2D eigenvalue weighted by molar-refractivity contribution is 0.660. The number of hydrogen-bond donors (Lipinski definition) is 0. The monoisotopic (exact) mass is 781 g/mol. The van der Waals surface area contributed by atoms with Crippen LogP contribution < -0.4 is 9.80 Å². The summed E-state index contributed by atoms with van der Waals surface area (Å²) in [5.74, 6) is 0.867. The van der Waals surface area contributed by atoms with Crippen molar-refractivity contribution in [1.82, 2.24) is 4.98 Å². The summed E-state index contributed by atoms with van der Waals surface area (Å²) in [5.41, 5.74) is 15.3. The van der Waals surface area contributed by atoms with E-state index in [0.717, 1.165) is 45.4 Å². The van der Waals surface area contributed by atoms with Crippen LogP contribution in [0.25, 0.3) is 54.9 Å². The van der Waals surface area contributed by atoms with Crippen molar-refractivity contribution in [3.8, 4) is 33.4 Å². The van der Waals surface area contributed by atoms with Crippen molar-refractivity contribution in [3.63, 3.8) is 0 Å². The number of anilines is 6. The van der Waals surface area contributed by atoms with Crippen LogP contribution in [0.15, 0.2) is 225 Å². The lowest BCUT2D eigenvalue weighted by Crippen LogP contribution is -2.17. The van der Waals surface area contributed by atoms with Gasteiger partial charge in [-0.15, -0.1) is 0 Å². The van der Waals surface area contributed by atoms with Crippen LogP contribution in [-0.2, 0) is 5.41 Å². The average molecular weight is 782 g/mol. The Morgan fingerprint density at radius 2 is 0.852 bits per heavy atom. The van der Waals surface area contributed by atoms with Crippen LogP contribution in [-0.4, -0.2) is 4.98 Å². The molecule has 1 aliphatic carbocycles. The highest BCUT2D eigenvalue weighted by atomic mass is 15.2. The predicted octanol–water partition coefficient (Wildman–Crippen LogP) is 16.0. The fourth-order valence-corrected chi connectivity index (χ4v) is 9.39. The molecule has 0 aliphatic heterocycles. The summed E-state index contributed by atoms with van der Waals surface area (Å²) in [5, 5.41) is 4.79. The van der Waals surface area contributed by atoms with Crippen molar-refractivity contribution in [3.05, 3.63) is 236 Å². The van der Waals surface area contributed by atoms with Gasteiger partial charge >= 0.3 is 0 Å². The van der Waals surface area contributed by atoms with Gasteiger partial charge in [-0.05, 0) is 110 Å². The van der Waals surface area contributed by atoms with Gasteiger partial charge in [0.05, 0.1) is 11.4 Å². The van der Waals surface area contributed by atoms with Crippen molar-refractivity contribution in [2.45, 2.75) is 19.3 Å². The molecule has 1 aromatic heterocycles. The summed E-state index contributed by atoms with van der Waals surface area (Å²) in [6, 6.07) is 78.7. The smallest absolute Gasteiger partial charge is 0.137 e.